The molecule has 0 bridgehead atoms. The highest BCUT2D eigenvalue weighted by Gasteiger charge is 2.28. The van der Waals surface area contributed by atoms with Gasteiger partial charge in [0.1, 0.15) is 0 Å². The summed E-state index contributed by atoms with van der Waals surface area (Å²) in [7, 11) is -1.90. The molecule has 1 unspecified atom stereocenters. The Morgan fingerprint density at radius 1 is 1.26 bits per heavy atom. The van der Waals surface area contributed by atoms with Crippen molar-refractivity contribution in [3.8, 4) is 0 Å². The predicted molar refractivity (Wildman–Crippen MR) is 94.8 cm³/mol. The highest BCUT2D eigenvalue weighted by atomic mass is 35.5. The maximum absolute atomic E-state index is 12.4. The Labute approximate surface area is 144 Å². The summed E-state index contributed by atoms with van der Waals surface area (Å²) in [6.07, 6.45) is 2.28. The zero-order chi connectivity index (χ0) is 17.0. The van der Waals surface area contributed by atoms with E-state index in [1.165, 1.54) is 4.31 Å². The smallest absolute Gasteiger partial charge is 0.279 e. The van der Waals surface area contributed by atoms with Crippen molar-refractivity contribution in [3.63, 3.8) is 0 Å². The number of hydrogen-bond acceptors (Lipinski definition) is 3. The van der Waals surface area contributed by atoms with Crippen molar-refractivity contribution in [1.82, 2.24) is 13.9 Å². The zero-order valence-electron chi connectivity index (χ0n) is 14.0. The first-order valence-electron chi connectivity index (χ1n) is 8.04. The van der Waals surface area contributed by atoms with E-state index in [1.807, 2.05) is 38.1 Å². The van der Waals surface area contributed by atoms with E-state index in [1.54, 1.807) is 7.05 Å². The number of hydrogen-bond donors (Lipinski definition) is 1. The van der Waals surface area contributed by atoms with Gasteiger partial charge < -0.3 is 0 Å². The fourth-order valence-corrected chi connectivity index (χ4v) is 4.19. The second-order valence-electron chi connectivity index (χ2n) is 6.24. The molecule has 7 heteroatoms. The van der Waals surface area contributed by atoms with E-state index in [0.29, 0.717) is 11.6 Å². The second-order valence-corrected chi connectivity index (χ2v) is 8.47. The Hall–Kier alpha value is -0.660. The Morgan fingerprint density at radius 3 is 2.43 bits per heavy atom. The lowest BCUT2D eigenvalue weighted by atomic mass is 10.1. The molecule has 1 aromatic rings. The van der Waals surface area contributed by atoms with E-state index in [0.717, 1.165) is 31.5 Å². The highest BCUT2D eigenvalue weighted by molar-refractivity contribution is 7.87. The van der Waals surface area contributed by atoms with Crippen LogP contribution < -0.4 is 4.72 Å². The lowest BCUT2D eigenvalue weighted by Crippen LogP contribution is -2.45. The van der Waals surface area contributed by atoms with E-state index < -0.39 is 10.2 Å². The van der Waals surface area contributed by atoms with Gasteiger partial charge in [-0.25, -0.2) is 4.72 Å². The molecule has 2 rings (SSSR count). The summed E-state index contributed by atoms with van der Waals surface area (Å²) in [5.41, 5.74) is 0.978. The highest BCUT2D eigenvalue weighted by Crippen LogP contribution is 2.29. The summed E-state index contributed by atoms with van der Waals surface area (Å²) in [6, 6.07) is 7.54. The molecule has 0 aromatic heterocycles. The first kappa shape index (κ1) is 18.7. The molecule has 1 N–H and O–H groups in total. The molecule has 1 aliphatic rings. The molecular formula is C16H26ClN3O2S. The maximum Gasteiger partial charge on any atom is 0.279 e. The van der Waals surface area contributed by atoms with E-state index in [-0.39, 0.29) is 12.1 Å². The molecule has 23 heavy (non-hydrogen) atoms. The quantitative estimate of drug-likeness (QED) is 0.814. The molecule has 1 fully saturated rings. The van der Waals surface area contributed by atoms with Gasteiger partial charge in [0, 0.05) is 30.7 Å². The third-order valence-electron chi connectivity index (χ3n) is 4.41. The topological polar surface area (TPSA) is 52.7 Å². The van der Waals surface area contributed by atoms with Crippen LogP contribution >= 0.6 is 11.6 Å². The van der Waals surface area contributed by atoms with Crippen LogP contribution in [0.5, 0.6) is 0 Å². The van der Waals surface area contributed by atoms with Gasteiger partial charge in [-0.2, -0.15) is 12.7 Å². The van der Waals surface area contributed by atoms with Gasteiger partial charge in [0.2, 0.25) is 0 Å². The summed E-state index contributed by atoms with van der Waals surface area (Å²) >= 11 is 6.35. The van der Waals surface area contributed by atoms with Crippen molar-refractivity contribution < 1.29 is 8.42 Å². The van der Waals surface area contributed by atoms with Crippen LogP contribution in [0.25, 0.3) is 0 Å². The second kappa shape index (κ2) is 7.94. The molecule has 0 saturated carbocycles. The number of nitrogens with zero attached hydrogens (tertiary/aromatic N) is 2. The molecule has 5 nitrogen and oxygen atoms in total. The van der Waals surface area contributed by atoms with Crippen molar-refractivity contribution in [2.75, 3.05) is 26.7 Å². The Balaban J connectivity index is 2.18. The number of likely N-dealkylation sites (tertiary alicyclic amines) is 1. The normalized spacial score (nSPS) is 18.0. The van der Waals surface area contributed by atoms with Crippen molar-refractivity contribution in [3.05, 3.63) is 34.9 Å². The van der Waals surface area contributed by atoms with Gasteiger partial charge in [0.15, 0.2) is 0 Å². The molecule has 0 radical (unpaired) electrons. The van der Waals surface area contributed by atoms with Crippen LogP contribution in [0.4, 0.5) is 0 Å². The van der Waals surface area contributed by atoms with E-state index in [9.17, 15) is 8.42 Å². The average Bonchev–Trinajstić information content (AvgIpc) is 3.02. The zero-order valence-corrected chi connectivity index (χ0v) is 15.6. The largest absolute Gasteiger partial charge is 0.295 e. The Kier molecular flexibility index (Phi) is 6.45. The average molecular weight is 360 g/mol. The lowest BCUT2D eigenvalue weighted by Gasteiger charge is -2.30. The molecule has 0 aliphatic carbocycles. The van der Waals surface area contributed by atoms with Gasteiger partial charge in [-0.1, -0.05) is 29.8 Å². The molecule has 0 spiro atoms. The van der Waals surface area contributed by atoms with Gasteiger partial charge in [-0.3, -0.25) is 4.90 Å². The number of rotatable bonds is 7. The fraction of sp³-hybridized carbons (Fsp3) is 0.625. The summed E-state index contributed by atoms with van der Waals surface area (Å²) in [5, 5.41) is 0.681. The monoisotopic (exact) mass is 359 g/mol. The molecule has 130 valence electrons. The Bertz CT molecular complexity index is 616. The van der Waals surface area contributed by atoms with E-state index in [2.05, 4.69) is 9.62 Å². The lowest BCUT2D eigenvalue weighted by molar-refractivity contribution is 0.245. The Morgan fingerprint density at radius 2 is 1.87 bits per heavy atom. The van der Waals surface area contributed by atoms with Gasteiger partial charge in [0.05, 0.1) is 0 Å². The molecule has 1 aromatic carbocycles. The molecule has 0 amide bonds. The molecule has 1 heterocycles. The van der Waals surface area contributed by atoms with Crippen molar-refractivity contribution in [1.29, 1.82) is 0 Å². The maximum atomic E-state index is 12.4. The predicted octanol–water partition coefficient (Wildman–Crippen LogP) is 2.65. The van der Waals surface area contributed by atoms with Crippen LogP contribution in [0.1, 0.15) is 38.3 Å². The van der Waals surface area contributed by atoms with Gasteiger partial charge in [-0.15, -0.1) is 0 Å². The first-order valence-corrected chi connectivity index (χ1v) is 9.86. The van der Waals surface area contributed by atoms with Crippen LogP contribution in [0.3, 0.4) is 0 Å². The molecular weight excluding hydrogens is 334 g/mol. The van der Waals surface area contributed by atoms with E-state index in [4.69, 9.17) is 11.6 Å². The summed E-state index contributed by atoms with van der Waals surface area (Å²) in [5.74, 6) is 0. The summed E-state index contributed by atoms with van der Waals surface area (Å²) in [6.45, 7) is 5.97. The minimum Gasteiger partial charge on any atom is -0.295 e. The van der Waals surface area contributed by atoms with Gasteiger partial charge in [-0.05, 0) is 51.4 Å². The van der Waals surface area contributed by atoms with Crippen LogP contribution in [-0.4, -0.2) is 50.3 Å². The first-order chi connectivity index (χ1) is 10.8. The SMILES string of the molecule is CC(C)N(C)S(=O)(=O)NCC(c1ccccc1Cl)N1CCCC1. The van der Waals surface area contributed by atoms with Gasteiger partial charge >= 0.3 is 0 Å². The van der Waals surface area contributed by atoms with Gasteiger partial charge in [0.25, 0.3) is 10.2 Å². The fourth-order valence-electron chi connectivity index (χ4n) is 2.80. The minimum atomic E-state index is -3.49. The van der Waals surface area contributed by atoms with Crippen molar-refractivity contribution >= 4 is 21.8 Å². The number of halogens is 1. The summed E-state index contributed by atoms with van der Waals surface area (Å²) < 4.78 is 28.8. The van der Waals surface area contributed by atoms with Crippen molar-refractivity contribution in [2.24, 2.45) is 0 Å². The van der Waals surface area contributed by atoms with Crippen LogP contribution in [0.2, 0.25) is 5.02 Å². The minimum absolute atomic E-state index is 0.0402. The van der Waals surface area contributed by atoms with E-state index >= 15 is 0 Å². The standard InChI is InChI=1S/C16H26ClN3O2S/c1-13(2)19(3)23(21,22)18-12-16(20-10-6-7-11-20)14-8-4-5-9-15(14)17/h4-5,8-9,13,16,18H,6-7,10-12H2,1-3H3. The third kappa shape index (κ3) is 4.67. The van der Waals surface area contributed by atoms with Crippen molar-refractivity contribution in [2.45, 2.75) is 38.8 Å². The molecule has 1 atom stereocenters. The third-order valence-corrected chi connectivity index (χ3v) is 6.47. The summed E-state index contributed by atoms with van der Waals surface area (Å²) in [4.78, 5) is 2.30. The molecule has 1 saturated heterocycles. The number of benzene rings is 1. The molecule has 1 aliphatic heterocycles. The number of nitrogens with one attached hydrogen (secondary N) is 1. The van der Waals surface area contributed by atoms with Crippen LogP contribution in [-0.2, 0) is 10.2 Å². The van der Waals surface area contributed by atoms with Crippen LogP contribution in [0.15, 0.2) is 24.3 Å². The van der Waals surface area contributed by atoms with Crippen LogP contribution in [0, 0.1) is 0 Å².